The SMILES string of the molecule is C=C(C[C@@H](C)CCCC(C)C)C1CCCC1. The van der Waals surface area contributed by atoms with E-state index in [4.69, 9.17) is 0 Å². The summed E-state index contributed by atoms with van der Waals surface area (Å²) in [5.41, 5.74) is 1.55. The quantitative estimate of drug-likeness (QED) is 0.493. The van der Waals surface area contributed by atoms with Crippen LogP contribution < -0.4 is 0 Å². The third-order valence-corrected chi connectivity index (χ3v) is 4.02. The Labute approximate surface area is 103 Å². The topological polar surface area (TPSA) is 0 Å². The summed E-state index contributed by atoms with van der Waals surface area (Å²) in [5, 5.41) is 0. The van der Waals surface area contributed by atoms with Gasteiger partial charge in [-0.3, -0.25) is 0 Å². The lowest BCUT2D eigenvalue weighted by atomic mass is 9.88. The summed E-state index contributed by atoms with van der Waals surface area (Å²) >= 11 is 0. The molecule has 1 atom stereocenters. The predicted molar refractivity (Wildman–Crippen MR) is 73.6 cm³/mol. The highest BCUT2D eigenvalue weighted by atomic mass is 14.2. The molecule has 0 aromatic heterocycles. The minimum Gasteiger partial charge on any atom is -0.0996 e. The minimum absolute atomic E-state index is 0.854. The van der Waals surface area contributed by atoms with Crippen molar-refractivity contribution in [2.24, 2.45) is 17.8 Å². The molecule has 0 unspecified atom stereocenters. The highest BCUT2D eigenvalue weighted by Crippen LogP contribution is 2.33. The van der Waals surface area contributed by atoms with Gasteiger partial charge in [-0.05, 0) is 37.0 Å². The van der Waals surface area contributed by atoms with Crippen LogP contribution in [0.1, 0.15) is 72.1 Å². The first-order chi connectivity index (χ1) is 7.59. The van der Waals surface area contributed by atoms with E-state index in [1.165, 1.54) is 51.4 Å². The lowest BCUT2D eigenvalue weighted by Gasteiger charge is -2.18. The van der Waals surface area contributed by atoms with Crippen LogP contribution in [0.2, 0.25) is 0 Å². The zero-order chi connectivity index (χ0) is 12.0. The van der Waals surface area contributed by atoms with Crippen molar-refractivity contribution in [2.45, 2.75) is 72.1 Å². The highest BCUT2D eigenvalue weighted by molar-refractivity contribution is 5.03. The molecule has 1 aliphatic rings. The number of hydrogen-bond donors (Lipinski definition) is 0. The van der Waals surface area contributed by atoms with E-state index in [-0.39, 0.29) is 0 Å². The smallest absolute Gasteiger partial charge is 0.0206 e. The van der Waals surface area contributed by atoms with Gasteiger partial charge in [-0.15, -0.1) is 0 Å². The molecule has 0 nitrogen and oxygen atoms in total. The van der Waals surface area contributed by atoms with Crippen LogP contribution in [0.3, 0.4) is 0 Å². The number of allylic oxidation sites excluding steroid dienone is 1. The van der Waals surface area contributed by atoms with Crippen LogP contribution in [-0.4, -0.2) is 0 Å². The normalized spacial score (nSPS) is 19.2. The number of rotatable bonds is 7. The minimum atomic E-state index is 0.854. The second-order valence-corrected chi connectivity index (χ2v) is 6.27. The maximum Gasteiger partial charge on any atom is -0.0206 e. The third-order valence-electron chi connectivity index (χ3n) is 4.02. The summed E-state index contributed by atoms with van der Waals surface area (Å²) in [5.74, 6) is 2.59. The maximum absolute atomic E-state index is 4.32. The van der Waals surface area contributed by atoms with Crippen LogP contribution >= 0.6 is 0 Å². The van der Waals surface area contributed by atoms with E-state index in [2.05, 4.69) is 27.4 Å². The van der Waals surface area contributed by atoms with Crippen LogP contribution in [0.25, 0.3) is 0 Å². The first-order valence-corrected chi connectivity index (χ1v) is 7.27. The van der Waals surface area contributed by atoms with Crippen molar-refractivity contribution >= 4 is 0 Å². The van der Waals surface area contributed by atoms with Crippen LogP contribution in [-0.2, 0) is 0 Å². The van der Waals surface area contributed by atoms with Gasteiger partial charge in [0.25, 0.3) is 0 Å². The van der Waals surface area contributed by atoms with Gasteiger partial charge in [0.15, 0.2) is 0 Å². The number of hydrogen-bond acceptors (Lipinski definition) is 0. The third kappa shape index (κ3) is 5.18. The molecule has 1 fully saturated rings. The zero-order valence-corrected chi connectivity index (χ0v) is 11.6. The largest absolute Gasteiger partial charge is 0.0996 e. The summed E-state index contributed by atoms with van der Waals surface area (Å²) in [4.78, 5) is 0. The van der Waals surface area contributed by atoms with Gasteiger partial charge in [-0.25, -0.2) is 0 Å². The first kappa shape index (κ1) is 13.8. The molecule has 94 valence electrons. The molecule has 0 bridgehead atoms. The average molecular weight is 222 g/mol. The van der Waals surface area contributed by atoms with Crippen molar-refractivity contribution in [1.29, 1.82) is 0 Å². The average Bonchev–Trinajstić information content (AvgIpc) is 2.69. The molecule has 0 amide bonds. The van der Waals surface area contributed by atoms with E-state index < -0.39 is 0 Å². The van der Waals surface area contributed by atoms with E-state index in [1.807, 2.05) is 0 Å². The molecule has 0 heteroatoms. The molecular weight excluding hydrogens is 192 g/mol. The molecule has 0 aromatic rings. The van der Waals surface area contributed by atoms with Gasteiger partial charge >= 0.3 is 0 Å². The van der Waals surface area contributed by atoms with Crippen molar-refractivity contribution in [3.05, 3.63) is 12.2 Å². The van der Waals surface area contributed by atoms with Crippen molar-refractivity contribution in [2.75, 3.05) is 0 Å². The molecule has 1 aliphatic carbocycles. The maximum atomic E-state index is 4.32. The summed E-state index contributed by atoms with van der Waals surface area (Å²) in [6.07, 6.45) is 11.2. The van der Waals surface area contributed by atoms with Crippen LogP contribution in [0, 0.1) is 17.8 Å². The summed E-state index contributed by atoms with van der Waals surface area (Å²) in [7, 11) is 0. The highest BCUT2D eigenvalue weighted by Gasteiger charge is 2.19. The lowest BCUT2D eigenvalue weighted by Crippen LogP contribution is -2.04. The Bertz CT molecular complexity index is 196. The molecule has 0 spiro atoms. The van der Waals surface area contributed by atoms with Gasteiger partial charge in [-0.2, -0.15) is 0 Å². The predicted octanol–water partition coefficient (Wildman–Crippen LogP) is 5.59. The molecule has 1 rings (SSSR count). The molecule has 0 saturated heterocycles. The van der Waals surface area contributed by atoms with Gasteiger partial charge in [0.2, 0.25) is 0 Å². The standard InChI is InChI=1S/C16H30/c1-13(2)8-7-9-14(3)12-15(4)16-10-5-6-11-16/h13-14,16H,4-12H2,1-3H3/t14-/m0/s1. The van der Waals surface area contributed by atoms with Crippen molar-refractivity contribution in [1.82, 2.24) is 0 Å². The fraction of sp³-hybridized carbons (Fsp3) is 0.875. The van der Waals surface area contributed by atoms with Gasteiger partial charge in [0.05, 0.1) is 0 Å². The molecule has 0 N–H and O–H groups in total. The summed E-state index contributed by atoms with van der Waals surface area (Å²) < 4.78 is 0. The van der Waals surface area contributed by atoms with E-state index in [0.717, 1.165) is 17.8 Å². The van der Waals surface area contributed by atoms with E-state index in [9.17, 15) is 0 Å². The Morgan fingerprint density at radius 1 is 1.12 bits per heavy atom. The van der Waals surface area contributed by atoms with Crippen LogP contribution in [0.4, 0.5) is 0 Å². The molecular formula is C16H30. The first-order valence-electron chi connectivity index (χ1n) is 7.27. The van der Waals surface area contributed by atoms with Gasteiger partial charge in [-0.1, -0.05) is 65.0 Å². The Kier molecular flexibility index (Phi) is 6.16. The fourth-order valence-corrected chi connectivity index (χ4v) is 2.92. The van der Waals surface area contributed by atoms with Crippen LogP contribution in [0.5, 0.6) is 0 Å². The monoisotopic (exact) mass is 222 g/mol. The molecule has 0 aromatic carbocycles. The zero-order valence-electron chi connectivity index (χ0n) is 11.6. The molecule has 0 aliphatic heterocycles. The second kappa shape index (κ2) is 7.14. The molecule has 1 saturated carbocycles. The Morgan fingerprint density at radius 2 is 1.75 bits per heavy atom. The van der Waals surface area contributed by atoms with E-state index >= 15 is 0 Å². The summed E-state index contributed by atoms with van der Waals surface area (Å²) in [6.45, 7) is 11.4. The van der Waals surface area contributed by atoms with E-state index in [0.29, 0.717) is 0 Å². The van der Waals surface area contributed by atoms with Crippen molar-refractivity contribution in [3.63, 3.8) is 0 Å². The molecule has 0 heterocycles. The lowest BCUT2D eigenvalue weighted by molar-refractivity contribution is 0.439. The fourth-order valence-electron chi connectivity index (χ4n) is 2.92. The Hall–Kier alpha value is -0.260. The Balaban J connectivity index is 2.12. The van der Waals surface area contributed by atoms with Crippen molar-refractivity contribution in [3.8, 4) is 0 Å². The van der Waals surface area contributed by atoms with Crippen molar-refractivity contribution < 1.29 is 0 Å². The Morgan fingerprint density at radius 3 is 2.31 bits per heavy atom. The van der Waals surface area contributed by atoms with Crippen LogP contribution in [0.15, 0.2) is 12.2 Å². The molecule has 16 heavy (non-hydrogen) atoms. The van der Waals surface area contributed by atoms with Gasteiger partial charge < -0.3 is 0 Å². The summed E-state index contributed by atoms with van der Waals surface area (Å²) in [6, 6.07) is 0. The van der Waals surface area contributed by atoms with Gasteiger partial charge in [0, 0.05) is 0 Å². The second-order valence-electron chi connectivity index (χ2n) is 6.27. The molecule has 0 radical (unpaired) electrons. The van der Waals surface area contributed by atoms with E-state index in [1.54, 1.807) is 5.57 Å². The van der Waals surface area contributed by atoms with Gasteiger partial charge in [0.1, 0.15) is 0 Å².